The van der Waals surface area contributed by atoms with Gasteiger partial charge >= 0.3 is 6.18 Å². The van der Waals surface area contributed by atoms with Crippen LogP contribution in [0.5, 0.6) is 5.75 Å². The summed E-state index contributed by atoms with van der Waals surface area (Å²) in [6.45, 7) is 0.178. The highest BCUT2D eigenvalue weighted by atomic mass is 79.9. The van der Waals surface area contributed by atoms with Gasteiger partial charge in [-0.2, -0.15) is 13.2 Å². The lowest BCUT2D eigenvalue weighted by Gasteiger charge is -2.25. The number of nitro groups is 1. The van der Waals surface area contributed by atoms with E-state index in [1.54, 1.807) is 42.5 Å². The lowest BCUT2D eigenvalue weighted by atomic mass is 9.89. The Morgan fingerprint density at radius 2 is 1.88 bits per heavy atom. The van der Waals surface area contributed by atoms with Crippen molar-refractivity contribution in [3.63, 3.8) is 0 Å². The molecule has 0 saturated heterocycles. The van der Waals surface area contributed by atoms with Crippen molar-refractivity contribution >= 4 is 38.8 Å². The van der Waals surface area contributed by atoms with Crippen LogP contribution in [0.15, 0.2) is 65.1 Å². The third-order valence-corrected chi connectivity index (χ3v) is 5.77. The number of fused-ring (bicyclic) bond motifs is 1. The minimum Gasteiger partial charge on any atom is -0.492 e. The molecule has 1 heterocycles. The molecule has 3 aromatic carbocycles. The number of alkyl halides is 3. The summed E-state index contributed by atoms with van der Waals surface area (Å²) >= 11 is 3.35. The number of halogens is 4. The number of para-hydroxylation sites is 1. The molecule has 1 N–H and O–H groups in total. The van der Waals surface area contributed by atoms with Crippen molar-refractivity contribution in [3.8, 4) is 5.75 Å². The molecule has 6 nitrogen and oxygen atoms in total. The summed E-state index contributed by atoms with van der Waals surface area (Å²) in [4.78, 5) is 22.9. The molecule has 33 heavy (non-hydrogen) atoms. The number of ether oxygens (including phenoxy) is 1. The smallest absolute Gasteiger partial charge is 0.423 e. The van der Waals surface area contributed by atoms with E-state index in [0.717, 1.165) is 10.5 Å². The third-order valence-electron chi connectivity index (χ3n) is 5.28. The number of carbonyl (C=O) groups is 1. The van der Waals surface area contributed by atoms with E-state index in [4.69, 9.17) is 4.74 Å². The Bertz CT molecular complexity index is 1250. The Balaban J connectivity index is 1.60. The zero-order valence-electron chi connectivity index (χ0n) is 16.9. The van der Waals surface area contributed by atoms with E-state index in [2.05, 4.69) is 21.2 Å². The maximum absolute atomic E-state index is 13.3. The van der Waals surface area contributed by atoms with Gasteiger partial charge in [0.25, 0.3) is 5.69 Å². The molecule has 3 aromatic rings. The van der Waals surface area contributed by atoms with E-state index in [0.29, 0.717) is 35.1 Å². The number of carbonyl (C=O) groups excluding carboxylic acids is 1. The Morgan fingerprint density at radius 3 is 2.61 bits per heavy atom. The second-order valence-electron chi connectivity index (χ2n) is 7.49. The topological polar surface area (TPSA) is 81.5 Å². The highest BCUT2D eigenvalue weighted by Crippen LogP contribution is 2.38. The molecule has 0 fully saturated rings. The fraction of sp³-hybridized carbons (Fsp3) is 0.174. The van der Waals surface area contributed by atoms with Gasteiger partial charge in [-0.3, -0.25) is 14.9 Å². The summed E-state index contributed by atoms with van der Waals surface area (Å²) in [5.74, 6) is -0.0455. The van der Waals surface area contributed by atoms with E-state index < -0.39 is 28.3 Å². The molecule has 0 aliphatic carbocycles. The number of anilines is 2. The highest BCUT2D eigenvalue weighted by Gasteiger charge is 2.38. The third kappa shape index (κ3) is 4.85. The number of benzene rings is 3. The number of hydrogen-bond acceptors (Lipinski definition) is 5. The quantitative estimate of drug-likeness (QED) is 0.304. The molecule has 0 saturated carbocycles. The Hall–Kier alpha value is -3.40. The van der Waals surface area contributed by atoms with Crippen molar-refractivity contribution in [2.24, 2.45) is 5.92 Å². The summed E-state index contributed by atoms with van der Waals surface area (Å²) in [6, 6.07) is 14.8. The van der Waals surface area contributed by atoms with Gasteiger partial charge in [-0.05, 0) is 48.4 Å². The normalized spacial score (nSPS) is 15.5. The van der Waals surface area contributed by atoms with Crippen LogP contribution in [0.1, 0.15) is 21.5 Å². The lowest BCUT2D eigenvalue weighted by Crippen LogP contribution is -2.29. The van der Waals surface area contributed by atoms with E-state index in [9.17, 15) is 28.1 Å². The zero-order valence-corrected chi connectivity index (χ0v) is 18.4. The van der Waals surface area contributed by atoms with E-state index in [-0.39, 0.29) is 18.1 Å². The SMILES string of the molecule is O=C1c2cc(Br)ccc2OCC1Cc1ccccc1Nc1ccc([N+](=O)[O-])c(C(F)(F)F)c1. The van der Waals surface area contributed by atoms with Crippen LogP contribution in [0.4, 0.5) is 30.2 Å². The molecule has 170 valence electrons. The average Bonchev–Trinajstić information content (AvgIpc) is 2.76. The first-order chi connectivity index (χ1) is 15.6. The monoisotopic (exact) mass is 520 g/mol. The first-order valence-electron chi connectivity index (χ1n) is 9.80. The molecular formula is C23H16BrF3N2O4. The van der Waals surface area contributed by atoms with Crippen LogP contribution in [0.2, 0.25) is 0 Å². The minimum absolute atomic E-state index is 0.0425. The zero-order chi connectivity index (χ0) is 23.8. The lowest BCUT2D eigenvalue weighted by molar-refractivity contribution is -0.388. The van der Waals surface area contributed by atoms with Gasteiger partial charge in [-0.1, -0.05) is 34.1 Å². The summed E-state index contributed by atoms with van der Waals surface area (Å²) in [5.41, 5.74) is -0.654. The van der Waals surface area contributed by atoms with Crippen LogP contribution in [0.3, 0.4) is 0 Å². The molecule has 0 amide bonds. The van der Waals surface area contributed by atoms with Gasteiger partial charge < -0.3 is 10.1 Å². The maximum Gasteiger partial charge on any atom is 0.423 e. The molecule has 0 radical (unpaired) electrons. The molecule has 0 bridgehead atoms. The van der Waals surface area contributed by atoms with E-state index >= 15 is 0 Å². The van der Waals surface area contributed by atoms with Gasteiger partial charge in [0.2, 0.25) is 0 Å². The van der Waals surface area contributed by atoms with Crippen molar-refractivity contribution in [1.82, 2.24) is 0 Å². The average molecular weight is 521 g/mol. The molecule has 4 rings (SSSR count). The molecule has 1 unspecified atom stereocenters. The predicted molar refractivity (Wildman–Crippen MR) is 119 cm³/mol. The standard InChI is InChI=1S/C23H16BrF3N2O4/c24-15-5-8-21-17(10-15)22(30)14(12-33-21)9-13-3-1-2-4-19(13)28-16-6-7-20(29(31)32)18(11-16)23(25,26)27/h1-8,10-11,14,28H,9,12H2. The fourth-order valence-electron chi connectivity index (χ4n) is 3.70. The summed E-state index contributed by atoms with van der Waals surface area (Å²) in [7, 11) is 0. The van der Waals surface area contributed by atoms with Gasteiger partial charge in [0.05, 0.1) is 23.0 Å². The second-order valence-corrected chi connectivity index (χ2v) is 8.40. The molecule has 10 heteroatoms. The number of Topliss-reactive ketones (excluding diaryl/α,β-unsaturated/α-hetero) is 1. The number of nitro benzene ring substituents is 1. The Kier molecular flexibility index (Phi) is 6.11. The largest absolute Gasteiger partial charge is 0.492 e. The van der Waals surface area contributed by atoms with Crippen LogP contribution in [0.25, 0.3) is 0 Å². The minimum atomic E-state index is -4.88. The summed E-state index contributed by atoms with van der Waals surface area (Å²) in [6.07, 6.45) is -4.58. The molecule has 0 aromatic heterocycles. The first-order valence-corrected chi connectivity index (χ1v) is 10.6. The number of nitrogens with one attached hydrogen (secondary N) is 1. The van der Waals surface area contributed by atoms with E-state index in [1.165, 1.54) is 6.07 Å². The van der Waals surface area contributed by atoms with Crippen LogP contribution < -0.4 is 10.1 Å². The van der Waals surface area contributed by atoms with Gasteiger partial charge in [-0.25, -0.2) is 0 Å². The Morgan fingerprint density at radius 1 is 1.12 bits per heavy atom. The number of hydrogen-bond donors (Lipinski definition) is 1. The van der Waals surface area contributed by atoms with Gasteiger partial charge in [0, 0.05) is 21.9 Å². The molecule has 0 spiro atoms. The molecule has 1 aliphatic rings. The predicted octanol–water partition coefficient (Wildman–Crippen LogP) is 6.55. The number of rotatable bonds is 5. The summed E-state index contributed by atoms with van der Waals surface area (Å²) < 4.78 is 46.4. The van der Waals surface area contributed by atoms with Crippen LogP contribution in [0, 0.1) is 16.0 Å². The highest BCUT2D eigenvalue weighted by molar-refractivity contribution is 9.10. The number of nitrogens with zero attached hydrogens (tertiary/aromatic N) is 1. The van der Waals surface area contributed by atoms with Crippen molar-refractivity contribution in [3.05, 3.63) is 91.9 Å². The van der Waals surface area contributed by atoms with Crippen LogP contribution >= 0.6 is 15.9 Å². The molecular weight excluding hydrogens is 505 g/mol. The van der Waals surface area contributed by atoms with Gasteiger partial charge in [0.1, 0.15) is 11.3 Å². The van der Waals surface area contributed by atoms with Crippen LogP contribution in [-0.4, -0.2) is 17.3 Å². The maximum atomic E-state index is 13.3. The Labute approximate surface area is 194 Å². The number of ketones is 1. The van der Waals surface area contributed by atoms with Crippen molar-refractivity contribution in [2.75, 3.05) is 11.9 Å². The van der Waals surface area contributed by atoms with Crippen molar-refractivity contribution in [2.45, 2.75) is 12.6 Å². The molecule has 1 aliphatic heterocycles. The molecule has 1 atom stereocenters. The second kappa shape index (κ2) is 8.86. The fourth-order valence-corrected chi connectivity index (χ4v) is 4.06. The van der Waals surface area contributed by atoms with E-state index in [1.807, 2.05) is 0 Å². The summed E-state index contributed by atoms with van der Waals surface area (Å²) in [5, 5.41) is 13.9. The van der Waals surface area contributed by atoms with Crippen molar-refractivity contribution in [1.29, 1.82) is 0 Å². The van der Waals surface area contributed by atoms with Gasteiger partial charge in [0.15, 0.2) is 5.78 Å². The van der Waals surface area contributed by atoms with Crippen molar-refractivity contribution < 1.29 is 27.6 Å². The first kappa shape index (κ1) is 22.8. The van der Waals surface area contributed by atoms with Crippen LogP contribution in [-0.2, 0) is 12.6 Å². The van der Waals surface area contributed by atoms with Gasteiger partial charge in [-0.15, -0.1) is 0 Å².